The minimum Gasteiger partial charge on any atom is -0.453 e. The van der Waals surface area contributed by atoms with E-state index in [1.165, 1.54) is 0 Å². The smallest absolute Gasteiger partial charge is 0.353 e. The Morgan fingerprint density at radius 2 is 1.52 bits per heavy atom. The van der Waals surface area contributed by atoms with Crippen LogP contribution in [0.15, 0.2) is 30.3 Å². The van der Waals surface area contributed by atoms with Crippen molar-refractivity contribution >= 4 is 23.4 Å². The van der Waals surface area contributed by atoms with E-state index in [0.717, 1.165) is 0 Å². The molecule has 4 heterocycles. The predicted octanol–water partition coefficient (Wildman–Crippen LogP) is 0.761. The average molecular weight is 336 g/mol. The molecule has 7 atom stereocenters. The van der Waals surface area contributed by atoms with Crippen LogP contribution in [-0.4, -0.2) is 54.3 Å². The molecule has 1 aromatic carbocycles. The van der Waals surface area contributed by atoms with Gasteiger partial charge in [-0.25, -0.2) is 4.79 Å². The summed E-state index contributed by atoms with van der Waals surface area (Å²) in [5.41, 5.74) is 0.458. The fraction of sp³-hybridized carbons (Fsp3) is 0.467. The zero-order valence-electron chi connectivity index (χ0n) is 11.7. The molecule has 4 aliphatic heterocycles. The summed E-state index contributed by atoms with van der Waals surface area (Å²) in [6.45, 7) is -0.784. The van der Waals surface area contributed by atoms with E-state index < -0.39 is 43.0 Å². The molecule has 1 saturated carbocycles. The monoisotopic (exact) mass is 336 g/mol. The predicted molar refractivity (Wildman–Crippen MR) is 76.4 cm³/mol. The summed E-state index contributed by atoms with van der Waals surface area (Å²) in [5, 5.41) is 0.0373. The van der Waals surface area contributed by atoms with Gasteiger partial charge in [0.2, 0.25) is 0 Å². The van der Waals surface area contributed by atoms with Crippen molar-refractivity contribution in [3.05, 3.63) is 35.9 Å². The Morgan fingerprint density at radius 1 is 0.913 bits per heavy atom. The van der Waals surface area contributed by atoms with Crippen LogP contribution in [0, 0.1) is 0 Å². The quantitative estimate of drug-likeness (QED) is 0.579. The Kier molecular flexibility index (Phi) is 2.90. The van der Waals surface area contributed by atoms with Gasteiger partial charge in [-0.05, 0) is 12.1 Å². The van der Waals surface area contributed by atoms with Gasteiger partial charge in [-0.3, -0.25) is 0 Å². The highest BCUT2D eigenvalue weighted by atomic mass is 32.1. The summed E-state index contributed by atoms with van der Waals surface area (Å²) in [6, 6.07) is 8.75. The van der Waals surface area contributed by atoms with E-state index in [2.05, 4.69) is 0 Å². The molecule has 5 aliphatic rings. The third kappa shape index (κ3) is 1.99. The first kappa shape index (κ1) is 13.7. The lowest BCUT2D eigenvalue weighted by Gasteiger charge is -2.59. The van der Waals surface area contributed by atoms with Crippen LogP contribution in [0.5, 0.6) is 0 Å². The van der Waals surface area contributed by atoms with E-state index in [4.69, 9.17) is 40.6 Å². The largest absolute Gasteiger partial charge is 0.453 e. The van der Waals surface area contributed by atoms with Crippen LogP contribution >= 0.6 is 12.2 Å². The molecule has 4 saturated heterocycles. The number of hydrogen-bond donors (Lipinski definition) is 0. The minimum absolute atomic E-state index is 0.0373. The van der Waals surface area contributed by atoms with E-state index in [1.807, 2.05) is 6.07 Å². The van der Waals surface area contributed by atoms with Crippen LogP contribution in [0.25, 0.3) is 0 Å². The molecule has 6 bridgehead atoms. The van der Waals surface area contributed by atoms with Crippen molar-refractivity contribution < 1.29 is 33.2 Å². The number of ether oxygens (including phenoxy) is 6. The normalized spacial score (nSPS) is 42.8. The van der Waals surface area contributed by atoms with Crippen LogP contribution in [0.2, 0.25) is 0 Å². The van der Waals surface area contributed by atoms with Crippen molar-refractivity contribution in [2.75, 3.05) is 0 Å². The maximum absolute atomic E-state index is 12.3. The Hall–Kier alpha value is -1.74. The second-order valence-electron chi connectivity index (χ2n) is 5.74. The van der Waals surface area contributed by atoms with Crippen LogP contribution in [-0.2, 0) is 28.4 Å². The van der Waals surface area contributed by atoms with E-state index in [0.29, 0.717) is 5.56 Å². The van der Waals surface area contributed by atoms with Gasteiger partial charge in [0.25, 0.3) is 6.48 Å². The molecular weight excluding hydrogens is 324 g/mol. The highest BCUT2D eigenvalue weighted by Crippen LogP contribution is 2.45. The van der Waals surface area contributed by atoms with E-state index in [-0.39, 0.29) is 11.3 Å². The van der Waals surface area contributed by atoms with Crippen molar-refractivity contribution in [3.8, 4) is 0 Å². The second-order valence-corrected chi connectivity index (χ2v) is 6.07. The van der Waals surface area contributed by atoms with Crippen molar-refractivity contribution in [1.82, 2.24) is 0 Å². The lowest BCUT2D eigenvalue weighted by atomic mass is 9.81. The summed E-state index contributed by atoms with van der Waals surface area (Å²) in [4.78, 5) is 12.3. The van der Waals surface area contributed by atoms with Gasteiger partial charge in [-0.1, -0.05) is 18.2 Å². The number of rotatable bonds is 2. The van der Waals surface area contributed by atoms with Crippen LogP contribution in [0.3, 0.4) is 0 Å². The third-order valence-corrected chi connectivity index (χ3v) is 4.66. The summed E-state index contributed by atoms with van der Waals surface area (Å²) >= 11 is 4.99. The van der Waals surface area contributed by atoms with Gasteiger partial charge in [0.05, 0.1) is 5.56 Å². The maximum Gasteiger partial charge on any atom is 0.353 e. The molecule has 6 rings (SSSR count). The van der Waals surface area contributed by atoms with Crippen LogP contribution < -0.4 is 0 Å². The molecule has 23 heavy (non-hydrogen) atoms. The zero-order valence-corrected chi connectivity index (χ0v) is 12.5. The molecule has 0 aromatic heterocycles. The first-order valence-corrected chi connectivity index (χ1v) is 7.71. The highest BCUT2D eigenvalue weighted by molar-refractivity contribution is 7.79. The van der Waals surface area contributed by atoms with Gasteiger partial charge >= 0.3 is 11.2 Å². The van der Waals surface area contributed by atoms with Crippen molar-refractivity contribution in [1.29, 1.82) is 0 Å². The van der Waals surface area contributed by atoms with Gasteiger partial charge < -0.3 is 28.4 Å². The molecule has 0 amide bonds. The van der Waals surface area contributed by atoms with Gasteiger partial charge in [0, 0.05) is 12.2 Å². The van der Waals surface area contributed by atoms with Gasteiger partial charge in [-0.15, -0.1) is 0 Å². The fourth-order valence-corrected chi connectivity index (χ4v) is 3.71. The van der Waals surface area contributed by atoms with Gasteiger partial charge in [0.15, 0.2) is 18.3 Å². The summed E-state index contributed by atoms with van der Waals surface area (Å²) in [5.74, 6) is -0.447. The first-order valence-electron chi connectivity index (χ1n) is 7.30. The molecule has 1 aromatic rings. The first-order chi connectivity index (χ1) is 11.2. The Balaban J connectivity index is 1.43. The fourth-order valence-electron chi connectivity index (χ4n) is 3.49. The molecule has 3 unspecified atom stereocenters. The molecule has 5 fully saturated rings. The lowest BCUT2D eigenvalue weighted by Crippen LogP contribution is -2.78. The molecule has 1 aliphatic carbocycles. The lowest BCUT2D eigenvalue weighted by molar-refractivity contribution is -0.486. The van der Waals surface area contributed by atoms with Crippen LogP contribution in [0.4, 0.5) is 0 Å². The van der Waals surface area contributed by atoms with Crippen molar-refractivity contribution in [2.24, 2.45) is 0 Å². The Morgan fingerprint density at radius 3 is 2.17 bits per heavy atom. The molecule has 8 heteroatoms. The van der Waals surface area contributed by atoms with Gasteiger partial charge in [-0.2, -0.15) is 0 Å². The van der Waals surface area contributed by atoms with Crippen molar-refractivity contribution in [2.45, 2.75) is 43.1 Å². The summed E-state index contributed by atoms with van der Waals surface area (Å²) in [6.07, 6.45) is -2.91. The standard InChI is InChI=1S/C15H12O7S/c16-13(6-4-2-1-3-5-6)17-7-8-11-10-12(22-15(23)21-11)9(7)19-14(18-8)20-10/h1-5,7-12,14H/t7?,8-,9+,10?,11+,12-,14?. The number of benzene rings is 1. The topological polar surface area (TPSA) is 72.5 Å². The van der Waals surface area contributed by atoms with E-state index >= 15 is 0 Å². The molecule has 120 valence electrons. The average Bonchev–Trinajstić information content (AvgIpc) is 2.57. The summed E-state index contributed by atoms with van der Waals surface area (Å²) in [7, 11) is 0. The maximum atomic E-state index is 12.3. The molecule has 7 nitrogen and oxygen atoms in total. The molecule has 0 N–H and O–H groups in total. The van der Waals surface area contributed by atoms with Gasteiger partial charge in [0.1, 0.15) is 18.3 Å². The Labute approximate surface area is 136 Å². The number of hydrogen-bond acceptors (Lipinski definition) is 8. The number of thiocarbonyl (C=S) groups is 1. The SMILES string of the molecule is O=C(OC1[C@H]2OC3OC4[C@H]2OC(=S)O[C@@H]4[C@H]1O3)c1ccccc1. The molecular formula is C15H12O7S. The highest BCUT2D eigenvalue weighted by Gasteiger charge is 2.67. The van der Waals surface area contributed by atoms with E-state index in [9.17, 15) is 4.79 Å². The zero-order chi connectivity index (χ0) is 15.6. The third-order valence-electron chi connectivity index (χ3n) is 4.46. The van der Waals surface area contributed by atoms with Crippen LogP contribution in [0.1, 0.15) is 10.4 Å². The second kappa shape index (κ2) is 4.88. The molecule has 0 radical (unpaired) electrons. The minimum atomic E-state index is -0.784. The summed E-state index contributed by atoms with van der Waals surface area (Å²) < 4.78 is 33.6. The number of esters is 1. The van der Waals surface area contributed by atoms with E-state index in [1.54, 1.807) is 24.3 Å². The molecule has 0 spiro atoms. The van der Waals surface area contributed by atoms with Crippen molar-refractivity contribution in [3.63, 3.8) is 0 Å². The Bertz CT molecular complexity index is 639. The number of carbonyl (C=O) groups excluding carboxylic acids is 1. The number of carbonyl (C=O) groups is 1.